The van der Waals surface area contributed by atoms with E-state index in [0.717, 1.165) is 12.1 Å². The molecule has 0 aromatic heterocycles. The van der Waals surface area contributed by atoms with E-state index in [1.165, 1.54) is 5.56 Å². The molecule has 1 amide bonds. The summed E-state index contributed by atoms with van der Waals surface area (Å²) in [5.74, 6) is -0.0391. The molecule has 1 N–H and O–H groups in total. The van der Waals surface area contributed by atoms with Crippen LogP contribution >= 0.6 is 0 Å². The number of nitrogens with one attached hydrogen (secondary N) is 1. The Kier molecular flexibility index (Phi) is 5.12. The molecule has 2 rings (SSSR count). The number of hydrogen-bond donors (Lipinski definition) is 1. The van der Waals surface area contributed by atoms with Crippen LogP contribution in [-0.2, 0) is 6.54 Å². The van der Waals surface area contributed by atoms with E-state index in [1.54, 1.807) is 0 Å². The van der Waals surface area contributed by atoms with E-state index in [0.29, 0.717) is 5.56 Å². The van der Waals surface area contributed by atoms with E-state index >= 15 is 0 Å². The van der Waals surface area contributed by atoms with E-state index in [2.05, 4.69) is 10.2 Å². The fourth-order valence-corrected chi connectivity index (χ4v) is 2.23. The van der Waals surface area contributed by atoms with Gasteiger partial charge >= 0.3 is 0 Å². The van der Waals surface area contributed by atoms with Gasteiger partial charge in [-0.2, -0.15) is 0 Å². The van der Waals surface area contributed by atoms with Crippen LogP contribution in [-0.4, -0.2) is 24.9 Å². The van der Waals surface area contributed by atoms with Gasteiger partial charge in [-0.05, 0) is 44.3 Å². The van der Waals surface area contributed by atoms with Gasteiger partial charge < -0.3 is 10.2 Å². The molecule has 3 nitrogen and oxygen atoms in total. The normalized spacial score (nSPS) is 12.2. The molecular weight excluding hydrogens is 260 g/mol. The largest absolute Gasteiger partial charge is 0.346 e. The number of hydrogen-bond acceptors (Lipinski definition) is 2. The molecule has 0 saturated heterocycles. The molecule has 0 aliphatic heterocycles. The summed E-state index contributed by atoms with van der Waals surface area (Å²) in [7, 11) is 4.06. The maximum Gasteiger partial charge on any atom is 0.251 e. The fraction of sp³-hybridized carbons (Fsp3) is 0.278. The van der Waals surface area contributed by atoms with Gasteiger partial charge in [-0.1, -0.05) is 42.5 Å². The number of rotatable bonds is 5. The summed E-state index contributed by atoms with van der Waals surface area (Å²) >= 11 is 0. The number of nitrogens with zero attached hydrogens (tertiary/aromatic N) is 1. The molecule has 21 heavy (non-hydrogen) atoms. The van der Waals surface area contributed by atoms with Crippen LogP contribution in [0, 0.1) is 0 Å². The zero-order valence-corrected chi connectivity index (χ0v) is 12.8. The van der Waals surface area contributed by atoms with E-state index < -0.39 is 0 Å². The van der Waals surface area contributed by atoms with Crippen LogP contribution in [0.5, 0.6) is 0 Å². The van der Waals surface area contributed by atoms with Gasteiger partial charge in [-0.25, -0.2) is 0 Å². The molecule has 0 aliphatic carbocycles. The Balaban J connectivity index is 2.00. The molecule has 1 atom stereocenters. The molecule has 3 heteroatoms. The van der Waals surface area contributed by atoms with Crippen LogP contribution in [0.3, 0.4) is 0 Å². The van der Waals surface area contributed by atoms with E-state index in [1.807, 2.05) is 75.6 Å². The SMILES string of the molecule is CC(NC(=O)c1ccc(CN(C)C)cc1)c1ccccc1. The lowest BCUT2D eigenvalue weighted by molar-refractivity contribution is 0.0940. The average molecular weight is 282 g/mol. The van der Waals surface area contributed by atoms with Gasteiger partial charge in [-0.3, -0.25) is 4.79 Å². The van der Waals surface area contributed by atoms with Crippen LogP contribution in [0.4, 0.5) is 0 Å². The van der Waals surface area contributed by atoms with E-state index in [9.17, 15) is 4.79 Å². The zero-order valence-electron chi connectivity index (χ0n) is 12.8. The molecule has 0 radical (unpaired) electrons. The third-order valence-electron chi connectivity index (χ3n) is 3.36. The molecular formula is C18H22N2O. The minimum absolute atomic E-state index is 0.000140. The van der Waals surface area contributed by atoms with Crippen molar-refractivity contribution >= 4 is 5.91 Å². The molecule has 0 fully saturated rings. The lowest BCUT2D eigenvalue weighted by atomic mass is 10.1. The Morgan fingerprint density at radius 1 is 1.05 bits per heavy atom. The van der Waals surface area contributed by atoms with Crippen molar-refractivity contribution in [2.75, 3.05) is 14.1 Å². The highest BCUT2D eigenvalue weighted by Crippen LogP contribution is 2.13. The molecule has 2 aromatic rings. The summed E-state index contributed by atoms with van der Waals surface area (Å²) in [6, 6.07) is 17.7. The average Bonchev–Trinajstić information content (AvgIpc) is 2.48. The van der Waals surface area contributed by atoms with Gasteiger partial charge in [-0.15, -0.1) is 0 Å². The molecule has 1 unspecified atom stereocenters. The van der Waals surface area contributed by atoms with Gasteiger partial charge in [0.25, 0.3) is 5.91 Å². The quantitative estimate of drug-likeness (QED) is 0.913. The number of carbonyl (C=O) groups excluding carboxylic acids is 1. The Morgan fingerprint density at radius 3 is 2.24 bits per heavy atom. The lowest BCUT2D eigenvalue weighted by Crippen LogP contribution is -2.26. The van der Waals surface area contributed by atoms with Crippen LogP contribution in [0.25, 0.3) is 0 Å². The summed E-state index contributed by atoms with van der Waals surface area (Å²) in [5.41, 5.74) is 3.00. The number of carbonyl (C=O) groups is 1. The van der Waals surface area contributed by atoms with Crippen molar-refractivity contribution in [1.29, 1.82) is 0 Å². The summed E-state index contributed by atoms with van der Waals surface area (Å²) < 4.78 is 0. The maximum atomic E-state index is 12.2. The fourth-order valence-electron chi connectivity index (χ4n) is 2.23. The molecule has 0 heterocycles. The van der Waals surface area contributed by atoms with Gasteiger partial charge in [0.1, 0.15) is 0 Å². The second-order valence-corrected chi connectivity index (χ2v) is 5.54. The summed E-state index contributed by atoms with van der Waals surface area (Å²) in [6.45, 7) is 2.87. The first-order chi connectivity index (χ1) is 10.1. The van der Waals surface area contributed by atoms with Gasteiger partial charge in [0.15, 0.2) is 0 Å². The predicted octanol–water partition coefficient (Wildman–Crippen LogP) is 3.24. The Morgan fingerprint density at radius 2 is 1.67 bits per heavy atom. The third kappa shape index (κ3) is 4.43. The second kappa shape index (κ2) is 7.04. The van der Waals surface area contributed by atoms with Crippen LogP contribution in [0.2, 0.25) is 0 Å². The first-order valence-corrected chi connectivity index (χ1v) is 7.16. The van der Waals surface area contributed by atoms with Gasteiger partial charge in [0, 0.05) is 12.1 Å². The van der Waals surface area contributed by atoms with Crippen molar-refractivity contribution in [3.8, 4) is 0 Å². The first-order valence-electron chi connectivity index (χ1n) is 7.16. The summed E-state index contributed by atoms with van der Waals surface area (Å²) in [5, 5.41) is 3.02. The Hall–Kier alpha value is -2.13. The first kappa shape index (κ1) is 15.3. The minimum Gasteiger partial charge on any atom is -0.346 e. The molecule has 0 spiro atoms. The highest BCUT2D eigenvalue weighted by atomic mass is 16.1. The van der Waals surface area contributed by atoms with Gasteiger partial charge in [0.2, 0.25) is 0 Å². The van der Waals surface area contributed by atoms with Crippen LogP contribution in [0.1, 0.15) is 34.5 Å². The van der Waals surface area contributed by atoms with E-state index in [4.69, 9.17) is 0 Å². The topological polar surface area (TPSA) is 32.3 Å². The molecule has 0 bridgehead atoms. The number of benzene rings is 2. The molecule has 2 aromatic carbocycles. The van der Waals surface area contributed by atoms with Crippen molar-refractivity contribution in [2.24, 2.45) is 0 Å². The van der Waals surface area contributed by atoms with Crippen molar-refractivity contribution < 1.29 is 4.79 Å². The van der Waals surface area contributed by atoms with Crippen molar-refractivity contribution in [2.45, 2.75) is 19.5 Å². The summed E-state index contributed by atoms with van der Waals surface area (Å²) in [4.78, 5) is 14.3. The molecule has 110 valence electrons. The molecule has 0 saturated carbocycles. The zero-order chi connectivity index (χ0) is 15.2. The van der Waals surface area contributed by atoms with Crippen LogP contribution < -0.4 is 5.32 Å². The van der Waals surface area contributed by atoms with Crippen molar-refractivity contribution in [3.63, 3.8) is 0 Å². The smallest absolute Gasteiger partial charge is 0.251 e. The van der Waals surface area contributed by atoms with Gasteiger partial charge in [0.05, 0.1) is 6.04 Å². The van der Waals surface area contributed by atoms with E-state index in [-0.39, 0.29) is 11.9 Å². The third-order valence-corrected chi connectivity index (χ3v) is 3.36. The number of amides is 1. The minimum atomic E-state index is -0.0391. The van der Waals surface area contributed by atoms with Crippen molar-refractivity contribution in [3.05, 3.63) is 71.3 Å². The molecule has 0 aliphatic rings. The highest BCUT2D eigenvalue weighted by molar-refractivity contribution is 5.94. The standard InChI is InChI=1S/C18H22N2O/c1-14(16-7-5-4-6-8-16)19-18(21)17-11-9-15(10-12-17)13-20(2)3/h4-12,14H,13H2,1-3H3,(H,19,21). The second-order valence-electron chi connectivity index (χ2n) is 5.54. The van der Waals surface area contributed by atoms with Crippen molar-refractivity contribution in [1.82, 2.24) is 10.2 Å². The Bertz CT molecular complexity index is 576. The summed E-state index contributed by atoms with van der Waals surface area (Å²) in [6.07, 6.45) is 0. The lowest BCUT2D eigenvalue weighted by Gasteiger charge is -2.15. The Labute approximate surface area is 126 Å². The monoisotopic (exact) mass is 282 g/mol. The van der Waals surface area contributed by atoms with Crippen LogP contribution in [0.15, 0.2) is 54.6 Å². The highest BCUT2D eigenvalue weighted by Gasteiger charge is 2.11. The predicted molar refractivity (Wildman–Crippen MR) is 86.2 cm³/mol. The maximum absolute atomic E-state index is 12.2.